The Morgan fingerprint density at radius 1 is 1.08 bits per heavy atom. The molecule has 0 spiro atoms. The standard InChI is InChI=1S/C19H19N3O3S/c1-13-15-8-10-26-16(15)7-9-20(13)12-22-18(24)17(23)21(19(22)25)11-14-5-3-2-4-6-14/h2-6,8,10,13H,7,9,11-12H2,1H3/p+1/t13-/m1/s1. The van der Waals surface area contributed by atoms with Crippen LogP contribution in [0.1, 0.15) is 29.0 Å². The van der Waals surface area contributed by atoms with Gasteiger partial charge in [0.15, 0.2) is 6.67 Å². The van der Waals surface area contributed by atoms with Crippen molar-refractivity contribution in [2.45, 2.75) is 25.9 Å². The summed E-state index contributed by atoms with van der Waals surface area (Å²) >= 11 is 1.75. The van der Waals surface area contributed by atoms with E-state index in [1.807, 2.05) is 30.3 Å². The summed E-state index contributed by atoms with van der Waals surface area (Å²) in [7, 11) is 0. The Morgan fingerprint density at radius 3 is 2.58 bits per heavy atom. The van der Waals surface area contributed by atoms with Crippen LogP contribution in [0.2, 0.25) is 0 Å². The molecule has 2 atom stereocenters. The highest BCUT2D eigenvalue weighted by Gasteiger charge is 2.47. The molecule has 2 aliphatic heterocycles. The van der Waals surface area contributed by atoms with Gasteiger partial charge >= 0.3 is 17.8 Å². The maximum Gasteiger partial charge on any atom is 0.339 e. The Morgan fingerprint density at radius 2 is 1.81 bits per heavy atom. The lowest BCUT2D eigenvalue weighted by molar-refractivity contribution is -0.938. The molecule has 6 nitrogen and oxygen atoms in total. The molecule has 4 rings (SSSR count). The van der Waals surface area contributed by atoms with Gasteiger partial charge in [-0.05, 0) is 23.9 Å². The minimum atomic E-state index is -0.737. The van der Waals surface area contributed by atoms with Gasteiger partial charge in [-0.25, -0.2) is 9.69 Å². The van der Waals surface area contributed by atoms with Gasteiger partial charge in [0.1, 0.15) is 6.04 Å². The molecule has 1 saturated heterocycles. The van der Waals surface area contributed by atoms with E-state index in [9.17, 15) is 14.4 Å². The molecule has 1 N–H and O–H groups in total. The summed E-state index contributed by atoms with van der Waals surface area (Å²) in [5.41, 5.74) is 2.10. The third-order valence-corrected chi connectivity index (χ3v) is 6.21. The molecule has 1 aromatic carbocycles. The van der Waals surface area contributed by atoms with Crippen LogP contribution < -0.4 is 4.90 Å². The normalized spacial score (nSPS) is 22.9. The third kappa shape index (κ3) is 2.83. The van der Waals surface area contributed by atoms with Crippen molar-refractivity contribution in [2.24, 2.45) is 0 Å². The van der Waals surface area contributed by atoms with Gasteiger partial charge in [0.2, 0.25) is 0 Å². The van der Waals surface area contributed by atoms with Gasteiger partial charge in [-0.2, -0.15) is 0 Å². The maximum atomic E-state index is 12.7. The van der Waals surface area contributed by atoms with E-state index >= 15 is 0 Å². The number of nitrogens with zero attached hydrogens (tertiary/aromatic N) is 2. The van der Waals surface area contributed by atoms with Crippen LogP contribution in [0.25, 0.3) is 0 Å². The van der Waals surface area contributed by atoms with Crippen molar-refractivity contribution in [2.75, 3.05) is 13.2 Å². The third-order valence-electron chi connectivity index (χ3n) is 5.21. The number of nitrogens with one attached hydrogen (secondary N) is 1. The molecular weight excluding hydrogens is 350 g/mol. The predicted octanol–water partition coefficient (Wildman–Crippen LogP) is 1.20. The molecule has 1 unspecified atom stereocenters. The summed E-state index contributed by atoms with van der Waals surface area (Å²) in [5, 5.41) is 2.08. The summed E-state index contributed by atoms with van der Waals surface area (Å²) in [6, 6.07) is 11.0. The maximum absolute atomic E-state index is 12.7. The summed E-state index contributed by atoms with van der Waals surface area (Å²) < 4.78 is 0. The number of fused-ring (bicyclic) bond motifs is 1. The molecule has 3 heterocycles. The topological polar surface area (TPSA) is 62.1 Å². The minimum Gasteiger partial charge on any atom is -0.311 e. The molecule has 2 aliphatic rings. The number of thiophene rings is 1. The van der Waals surface area contributed by atoms with Crippen LogP contribution in [0, 0.1) is 0 Å². The van der Waals surface area contributed by atoms with Gasteiger partial charge in [-0.3, -0.25) is 14.5 Å². The molecule has 26 heavy (non-hydrogen) atoms. The minimum absolute atomic E-state index is 0.125. The van der Waals surface area contributed by atoms with E-state index in [0.717, 1.165) is 33.2 Å². The fourth-order valence-electron chi connectivity index (χ4n) is 3.66. The van der Waals surface area contributed by atoms with E-state index in [-0.39, 0.29) is 19.3 Å². The highest BCUT2D eigenvalue weighted by molar-refractivity contribution is 7.10. The predicted molar refractivity (Wildman–Crippen MR) is 96.4 cm³/mol. The average molecular weight is 370 g/mol. The van der Waals surface area contributed by atoms with Crippen LogP contribution in [0.5, 0.6) is 0 Å². The molecular formula is C19H20N3O3S+. The number of hydrogen-bond donors (Lipinski definition) is 1. The second-order valence-corrected chi connectivity index (χ2v) is 7.73. The quantitative estimate of drug-likeness (QED) is 0.650. The zero-order valence-electron chi connectivity index (χ0n) is 14.5. The van der Waals surface area contributed by atoms with E-state index in [1.54, 1.807) is 11.3 Å². The number of benzene rings is 1. The van der Waals surface area contributed by atoms with Crippen LogP contribution in [-0.4, -0.2) is 40.9 Å². The smallest absolute Gasteiger partial charge is 0.311 e. The number of urea groups is 1. The summed E-state index contributed by atoms with van der Waals surface area (Å²) in [5.74, 6) is -1.46. The number of amides is 4. The molecule has 7 heteroatoms. The highest BCUT2D eigenvalue weighted by atomic mass is 32.1. The van der Waals surface area contributed by atoms with Crippen molar-refractivity contribution in [1.29, 1.82) is 0 Å². The van der Waals surface area contributed by atoms with E-state index < -0.39 is 17.8 Å². The molecule has 0 saturated carbocycles. The Labute approximate surface area is 155 Å². The van der Waals surface area contributed by atoms with Gasteiger partial charge in [0.05, 0.1) is 13.1 Å². The first-order valence-electron chi connectivity index (χ1n) is 8.68. The lowest BCUT2D eigenvalue weighted by atomic mass is 10.0. The molecule has 1 aromatic heterocycles. The van der Waals surface area contributed by atoms with Crippen molar-refractivity contribution in [3.05, 3.63) is 57.8 Å². The first-order chi connectivity index (χ1) is 12.6. The lowest BCUT2D eigenvalue weighted by Gasteiger charge is -2.32. The van der Waals surface area contributed by atoms with Crippen molar-refractivity contribution in [1.82, 2.24) is 9.80 Å². The largest absolute Gasteiger partial charge is 0.339 e. The SMILES string of the molecule is C[C@@H]1c2ccsc2CC[NH+]1CN1C(=O)C(=O)N(Cc2ccccc2)C1=O. The fourth-order valence-corrected chi connectivity index (χ4v) is 4.64. The second-order valence-electron chi connectivity index (χ2n) is 6.73. The molecule has 2 aromatic rings. The van der Waals surface area contributed by atoms with E-state index in [2.05, 4.69) is 18.4 Å². The average Bonchev–Trinajstić information content (AvgIpc) is 3.20. The van der Waals surface area contributed by atoms with Crippen molar-refractivity contribution < 1.29 is 19.3 Å². The number of rotatable bonds is 4. The lowest BCUT2D eigenvalue weighted by Crippen LogP contribution is -3.14. The zero-order valence-corrected chi connectivity index (χ0v) is 15.3. The molecule has 0 aliphatic carbocycles. The van der Waals surface area contributed by atoms with E-state index in [1.165, 1.54) is 10.4 Å². The van der Waals surface area contributed by atoms with Gasteiger partial charge in [-0.15, -0.1) is 11.3 Å². The van der Waals surface area contributed by atoms with Crippen LogP contribution in [-0.2, 0) is 22.6 Å². The molecule has 134 valence electrons. The fraction of sp³-hybridized carbons (Fsp3) is 0.316. The van der Waals surface area contributed by atoms with Crippen LogP contribution in [0.4, 0.5) is 4.79 Å². The van der Waals surface area contributed by atoms with Crippen molar-refractivity contribution >= 4 is 29.2 Å². The van der Waals surface area contributed by atoms with Crippen LogP contribution in [0.15, 0.2) is 41.8 Å². The van der Waals surface area contributed by atoms with Gasteiger partial charge < -0.3 is 4.90 Å². The molecule has 0 bridgehead atoms. The monoisotopic (exact) mass is 370 g/mol. The number of imide groups is 2. The molecule has 4 amide bonds. The Hall–Kier alpha value is -2.51. The summed E-state index contributed by atoms with van der Waals surface area (Å²) in [6.45, 7) is 3.30. The van der Waals surface area contributed by atoms with E-state index in [0.29, 0.717) is 0 Å². The van der Waals surface area contributed by atoms with Crippen molar-refractivity contribution in [3.8, 4) is 0 Å². The Balaban J connectivity index is 1.50. The molecule has 1 fully saturated rings. The highest BCUT2D eigenvalue weighted by Crippen LogP contribution is 2.25. The van der Waals surface area contributed by atoms with Gasteiger partial charge in [0.25, 0.3) is 0 Å². The first-order valence-corrected chi connectivity index (χ1v) is 9.56. The second kappa shape index (κ2) is 6.66. The van der Waals surface area contributed by atoms with Gasteiger partial charge in [-0.1, -0.05) is 30.3 Å². The number of carbonyl (C=O) groups excluding carboxylic acids is 3. The van der Waals surface area contributed by atoms with Crippen LogP contribution >= 0.6 is 11.3 Å². The van der Waals surface area contributed by atoms with Crippen molar-refractivity contribution in [3.63, 3.8) is 0 Å². The van der Waals surface area contributed by atoms with Gasteiger partial charge in [0, 0.05) is 16.9 Å². The summed E-state index contributed by atoms with van der Waals surface area (Å²) in [4.78, 5) is 42.1. The first kappa shape index (κ1) is 16.9. The molecule has 0 radical (unpaired) electrons. The Kier molecular flexibility index (Phi) is 4.34. The summed E-state index contributed by atoms with van der Waals surface area (Å²) in [6.07, 6.45) is 0.935. The number of hydrogen-bond acceptors (Lipinski definition) is 4. The Bertz CT molecular complexity index is 864. The zero-order chi connectivity index (χ0) is 18.3. The van der Waals surface area contributed by atoms with E-state index in [4.69, 9.17) is 0 Å². The number of quaternary nitrogens is 1. The van der Waals surface area contributed by atoms with Crippen LogP contribution in [0.3, 0.4) is 0 Å². The number of carbonyl (C=O) groups is 3.